The molecular weight excluding hydrogens is 358 g/mol. The molecule has 126 valence electrons. The maximum atomic E-state index is 5.58. The van der Waals surface area contributed by atoms with Crippen LogP contribution in [0.2, 0.25) is 0 Å². The van der Waals surface area contributed by atoms with E-state index < -0.39 is 0 Å². The van der Waals surface area contributed by atoms with Crippen LogP contribution in [0, 0.1) is 0 Å². The second kappa shape index (κ2) is 7.12. The topological polar surface area (TPSA) is 74.2 Å². The lowest BCUT2D eigenvalue weighted by atomic mass is 10.2. The molecule has 4 rings (SSSR count). The van der Waals surface area contributed by atoms with Crippen molar-refractivity contribution >= 4 is 23.1 Å². The van der Waals surface area contributed by atoms with Gasteiger partial charge in [-0.05, 0) is 24.3 Å². The predicted molar refractivity (Wildman–Crippen MR) is 95.7 cm³/mol. The van der Waals surface area contributed by atoms with E-state index in [1.165, 1.54) is 11.8 Å². The fraction of sp³-hybridized carbons (Fsp3) is 0.118. The molecule has 0 unspecified atom stereocenters. The number of thioether (sulfide) groups is 1. The SMILES string of the molecule is COc1cccc(-c2nc(CSc3nnc(-c4ccco4)o3)cs2)c1. The van der Waals surface area contributed by atoms with E-state index in [0.717, 1.165) is 22.0 Å². The molecule has 0 saturated carbocycles. The Hall–Kier alpha value is -2.58. The molecule has 0 radical (unpaired) electrons. The molecule has 0 amide bonds. The maximum absolute atomic E-state index is 5.58. The summed E-state index contributed by atoms with van der Waals surface area (Å²) in [6, 6.07) is 11.4. The number of furan rings is 1. The third-order valence-corrected chi connectivity index (χ3v) is 5.14. The Labute approximate surface area is 151 Å². The number of methoxy groups -OCH3 is 1. The fourth-order valence-corrected chi connectivity index (χ4v) is 3.74. The first-order valence-corrected chi connectivity index (χ1v) is 9.27. The molecule has 4 aromatic rings. The highest BCUT2D eigenvalue weighted by Gasteiger charge is 2.12. The minimum Gasteiger partial charge on any atom is -0.497 e. The Morgan fingerprint density at radius 2 is 2.16 bits per heavy atom. The van der Waals surface area contributed by atoms with Gasteiger partial charge in [-0.1, -0.05) is 23.9 Å². The van der Waals surface area contributed by atoms with Crippen LogP contribution in [0.4, 0.5) is 0 Å². The highest BCUT2D eigenvalue weighted by atomic mass is 32.2. The smallest absolute Gasteiger partial charge is 0.284 e. The lowest BCUT2D eigenvalue weighted by Gasteiger charge is -2.01. The Balaban J connectivity index is 1.43. The van der Waals surface area contributed by atoms with Gasteiger partial charge in [0, 0.05) is 16.7 Å². The average Bonchev–Trinajstić information content (AvgIpc) is 3.41. The van der Waals surface area contributed by atoms with Crippen molar-refractivity contribution in [2.24, 2.45) is 0 Å². The zero-order valence-corrected chi connectivity index (χ0v) is 14.8. The molecule has 25 heavy (non-hydrogen) atoms. The minimum atomic E-state index is 0.378. The molecule has 0 aliphatic heterocycles. The van der Waals surface area contributed by atoms with Gasteiger partial charge in [0.1, 0.15) is 10.8 Å². The highest BCUT2D eigenvalue weighted by molar-refractivity contribution is 7.98. The van der Waals surface area contributed by atoms with Crippen molar-refractivity contribution in [2.75, 3.05) is 7.11 Å². The first kappa shape index (κ1) is 15.9. The zero-order valence-electron chi connectivity index (χ0n) is 13.2. The monoisotopic (exact) mass is 371 g/mol. The van der Waals surface area contributed by atoms with Gasteiger partial charge in [0.2, 0.25) is 0 Å². The molecule has 8 heteroatoms. The lowest BCUT2D eigenvalue weighted by Crippen LogP contribution is -1.85. The molecule has 3 aromatic heterocycles. The van der Waals surface area contributed by atoms with Crippen LogP contribution in [0.5, 0.6) is 5.75 Å². The summed E-state index contributed by atoms with van der Waals surface area (Å²) < 4.78 is 16.1. The predicted octanol–water partition coefficient (Wildman–Crippen LogP) is 4.75. The second-order valence-corrected chi connectivity index (χ2v) is 6.80. The normalized spacial score (nSPS) is 10.9. The van der Waals surface area contributed by atoms with Crippen LogP contribution in [0.1, 0.15) is 5.69 Å². The maximum Gasteiger partial charge on any atom is 0.284 e. The molecule has 0 fully saturated rings. The van der Waals surface area contributed by atoms with E-state index in [0.29, 0.717) is 22.6 Å². The molecule has 0 spiro atoms. The summed E-state index contributed by atoms with van der Waals surface area (Å²) in [7, 11) is 1.66. The molecule has 0 atom stereocenters. The number of thiazole rings is 1. The molecule has 0 bridgehead atoms. The summed E-state index contributed by atoms with van der Waals surface area (Å²) in [5.74, 6) is 2.41. The van der Waals surface area contributed by atoms with Gasteiger partial charge in [-0.3, -0.25) is 0 Å². The molecule has 0 N–H and O–H groups in total. The molecule has 0 saturated heterocycles. The summed E-state index contributed by atoms with van der Waals surface area (Å²) in [5, 5.41) is 11.5. The minimum absolute atomic E-state index is 0.378. The van der Waals surface area contributed by atoms with Crippen molar-refractivity contribution in [2.45, 2.75) is 11.0 Å². The Morgan fingerprint density at radius 1 is 1.20 bits per heavy atom. The number of aromatic nitrogens is 3. The van der Waals surface area contributed by atoms with Crippen molar-refractivity contribution < 1.29 is 13.6 Å². The third kappa shape index (κ3) is 3.59. The van der Waals surface area contributed by atoms with Gasteiger partial charge in [-0.15, -0.1) is 21.5 Å². The Kier molecular flexibility index (Phi) is 4.53. The largest absolute Gasteiger partial charge is 0.497 e. The summed E-state index contributed by atoms with van der Waals surface area (Å²) in [6.07, 6.45) is 1.57. The zero-order chi connectivity index (χ0) is 17.1. The standard InChI is InChI=1S/C17H13N3O3S2/c1-21-13-5-2-4-11(8-13)16-18-12(9-24-16)10-25-17-20-19-15(23-17)14-6-3-7-22-14/h2-9H,10H2,1H3. The summed E-state index contributed by atoms with van der Waals surface area (Å²) in [6.45, 7) is 0. The van der Waals surface area contributed by atoms with Crippen molar-refractivity contribution in [1.29, 1.82) is 0 Å². The van der Waals surface area contributed by atoms with E-state index in [4.69, 9.17) is 13.6 Å². The highest BCUT2D eigenvalue weighted by Crippen LogP contribution is 2.30. The van der Waals surface area contributed by atoms with Crippen molar-refractivity contribution in [3.05, 3.63) is 53.7 Å². The molecule has 6 nitrogen and oxygen atoms in total. The van der Waals surface area contributed by atoms with Crippen molar-refractivity contribution in [1.82, 2.24) is 15.2 Å². The van der Waals surface area contributed by atoms with Crippen LogP contribution in [0.3, 0.4) is 0 Å². The quantitative estimate of drug-likeness (QED) is 0.453. The van der Waals surface area contributed by atoms with Crippen molar-refractivity contribution in [3.63, 3.8) is 0 Å². The van der Waals surface area contributed by atoms with Gasteiger partial charge in [0.25, 0.3) is 11.1 Å². The van der Waals surface area contributed by atoms with Crippen LogP contribution in [-0.4, -0.2) is 22.3 Å². The average molecular weight is 371 g/mol. The van der Waals surface area contributed by atoms with E-state index in [1.54, 1.807) is 36.8 Å². The van der Waals surface area contributed by atoms with Gasteiger partial charge < -0.3 is 13.6 Å². The van der Waals surface area contributed by atoms with Gasteiger partial charge in [-0.2, -0.15) is 0 Å². The summed E-state index contributed by atoms with van der Waals surface area (Å²) >= 11 is 3.04. The van der Waals surface area contributed by atoms with Gasteiger partial charge in [0.05, 0.1) is 19.1 Å². The lowest BCUT2D eigenvalue weighted by molar-refractivity contribution is 0.415. The number of hydrogen-bond acceptors (Lipinski definition) is 8. The number of ether oxygens (including phenoxy) is 1. The fourth-order valence-electron chi connectivity index (χ4n) is 2.17. The first-order valence-electron chi connectivity index (χ1n) is 7.41. The Morgan fingerprint density at radius 3 is 3.00 bits per heavy atom. The van der Waals surface area contributed by atoms with E-state index in [1.807, 2.05) is 29.6 Å². The molecule has 0 aliphatic rings. The van der Waals surface area contributed by atoms with Crippen LogP contribution >= 0.6 is 23.1 Å². The van der Waals surface area contributed by atoms with E-state index in [2.05, 4.69) is 15.2 Å². The number of rotatable bonds is 6. The number of benzene rings is 1. The van der Waals surface area contributed by atoms with Gasteiger partial charge in [-0.25, -0.2) is 4.98 Å². The Bertz CT molecular complexity index is 963. The molecular formula is C17H13N3O3S2. The van der Waals surface area contributed by atoms with Crippen LogP contribution in [0.15, 0.2) is 62.1 Å². The first-order chi connectivity index (χ1) is 12.3. The van der Waals surface area contributed by atoms with Gasteiger partial charge in [0.15, 0.2) is 5.76 Å². The summed E-state index contributed by atoms with van der Waals surface area (Å²) in [4.78, 5) is 4.66. The second-order valence-electron chi connectivity index (χ2n) is 5.02. The molecule has 1 aromatic carbocycles. The van der Waals surface area contributed by atoms with Gasteiger partial charge >= 0.3 is 0 Å². The molecule has 3 heterocycles. The van der Waals surface area contributed by atoms with E-state index >= 15 is 0 Å². The van der Waals surface area contributed by atoms with Crippen LogP contribution in [0.25, 0.3) is 22.2 Å². The van der Waals surface area contributed by atoms with Crippen LogP contribution < -0.4 is 4.74 Å². The molecule has 0 aliphatic carbocycles. The number of nitrogens with zero attached hydrogens (tertiary/aromatic N) is 3. The van der Waals surface area contributed by atoms with Crippen LogP contribution in [-0.2, 0) is 5.75 Å². The van der Waals surface area contributed by atoms with E-state index in [9.17, 15) is 0 Å². The number of hydrogen-bond donors (Lipinski definition) is 0. The third-order valence-electron chi connectivity index (χ3n) is 3.35. The van der Waals surface area contributed by atoms with E-state index in [-0.39, 0.29) is 0 Å². The summed E-state index contributed by atoms with van der Waals surface area (Å²) in [5.41, 5.74) is 2.00. The van der Waals surface area contributed by atoms with Crippen molar-refractivity contribution in [3.8, 4) is 28.0 Å².